The first-order valence-corrected chi connectivity index (χ1v) is 23.1. The number of aliphatic hydroxyl groups is 2. The Morgan fingerprint density at radius 1 is 0.742 bits per heavy atom. The van der Waals surface area contributed by atoms with Crippen LogP contribution in [-0.4, -0.2) is 132 Å². The van der Waals surface area contributed by atoms with Crippen LogP contribution in [0.5, 0.6) is 23.0 Å². The Morgan fingerprint density at radius 3 is 1.65 bits per heavy atom. The number of benzene rings is 2. The number of ether oxygens (including phenoxy) is 6. The van der Waals surface area contributed by atoms with Crippen molar-refractivity contribution < 1.29 is 57.8 Å². The molecule has 0 radical (unpaired) electrons. The second kappa shape index (κ2) is 19.7. The summed E-state index contributed by atoms with van der Waals surface area (Å²) in [5.74, 6) is 0.917. The highest BCUT2D eigenvalue weighted by Gasteiger charge is 2.48. The first-order valence-electron chi connectivity index (χ1n) is 20.7. The van der Waals surface area contributed by atoms with E-state index in [-0.39, 0.29) is 90.2 Å². The Kier molecular flexibility index (Phi) is 14.9. The summed E-state index contributed by atoms with van der Waals surface area (Å²) >= 11 is 0. The van der Waals surface area contributed by atoms with Gasteiger partial charge in [0.1, 0.15) is 12.2 Å². The van der Waals surface area contributed by atoms with Crippen molar-refractivity contribution in [3.63, 3.8) is 0 Å². The van der Waals surface area contributed by atoms with E-state index in [9.17, 15) is 29.4 Å². The monoisotopic (exact) mass is 898 g/mol. The van der Waals surface area contributed by atoms with Gasteiger partial charge in [-0.1, -0.05) is 59.7 Å². The molecule has 2 saturated heterocycles. The topological polar surface area (TPSA) is 177 Å². The summed E-state index contributed by atoms with van der Waals surface area (Å²) in [5.41, 5.74) is 1.27. The molecule has 2 aromatic rings. The number of nitrogens with zero attached hydrogens (tertiary/aromatic N) is 4. The zero-order valence-corrected chi connectivity index (χ0v) is 38.1. The summed E-state index contributed by atoms with van der Waals surface area (Å²) < 4.78 is 34.9. The predicted octanol–water partition coefficient (Wildman–Crippen LogP) is 7.01. The maximum Gasteiger partial charge on any atom is 0.417 e. The molecular formula is C44H58N4O12S2. The third-order valence-corrected chi connectivity index (χ3v) is 13.5. The van der Waals surface area contributed by atoms with E-state index >= 15 is 0 Å². The van der Waals surface area contributed by atoms with Gasteiger partial charge in [0, 0.05) is 36.2 Å². The van der Waals surface area contributed by atoms with E-state index in [0.717, 1.165) is 20.9 Å². The first-order chi connectivity index (χ1) is 29.4. The van der Waals surface area contributed by atoms with Crippen LogP contribution in [-0.2, 0) is 9.47 Å². The van der Waals surface area contributed by atoms with Crippen LogP contribution in [0.15, 0.2) is 48.6 Å². The van der Waals surface area contributed by atoms with Crippen molar-refractivity contribution >= 4 is 57.0 Å². The Balaban J connectivity index is 1.13. The van der Waals surface area contributed by atoms with Crippen LogP contribution in [0.4, 0.5) is 21.0 Å². The molecule has 0 aliphatic carbocycles. The highest BCUT2D eigenvalue weighted by Crippen LogP contribution is 2.44. The van der Waals surface area contributed by atoms with Crippen LogP contribution in [0.25, 0.3) is 0 Å². The summed E-state index contributed by atoms with van der Waals surface area (Å²) in [4.78, 5) is 60.3. The molecule has 2 fully saturated rings. The number of aliphatic hydroxyl groups excluding tert-OH is 2. The van der Waals surface area contributed by atoms with Crippen LogP contribution in [0.1, 0.15) is 87.4 Å². The largest absolute Gasteiger partial charge is 0.493 e. The fourth-order valence-corrected chi connectivity index (χ4v) is 9.67. The number of methoxy groups -OCH3 is 2. The molecule has 4 amide bonds. The lowest BCUT2D eigenvalue weighted by atomic mass is 10.1. The summed E-state index contributed by atoms with van der Waals surface area (Å²) in [6.45, 7) is 18.5. The van der Waals surface area contributed by atoms with Gasteiger partial charge in [0.25, 0.3) is 11.8 Å². The average molecular weight is 899 g/mol. The second-order valence-corrected chi connectivity index (χ2v) is 19.9. The predicted molar refractivity (Wildman–Crippen MR) is 238 cm³/mol. The quantitative estimate of drug-likeness (QED) is 0.106. The van der Waals surface area contributed by atoms with Gasteiger partial charge in [-0.2, -0.15) is 0 Å². The minimum absolute atomic E-state index is 0.114. The number of amides is 4. The third-order valence-electron chi connectivity index (χ3n) is 10.6. The highest BCUT2D eigenvalue weighted by molar-refractivity contribution is 8.76. The minimum atomic E-state index is -1.41. The fourth-order valence-electron chi connectivity index (χ4n) is 7.84. The normalized spacial score (nSPS) is 20.9. The van der Waals surface area contributed by atoms with Crippen LogP contribution >= 0.6 is 21.6 Å². The third kappa shape index (κ3) is 10.2. The van der Waals surface area contributed by atoms with Gasteiger partial charge >= 0.3 is 12.2 Å². The maximum absolute atomic E-state index is 13.9. The Bertz CT molecular complexity index is 2060. The number of rotatable bonds is 15. The molecule has 18 heteroatoms. The van der Waals surface area contributed by atoms with Gasteiger partial charge in [-0.3, -0.25) is 9.59 Å². The van der Waals surface area contributed by atoms with Crippen molar-refractivity contribution in [1.82, 2.24) is 9.80 Å². The number of hydrogen-bond acceptors (Lipinski definition) is 14. The smallest absolute Gasteiger partial charge is 0.417 e. The molecule has 62 heavy (non-hydrogen) atoms. The van der Waals surface area contributed by atoms with Crippen LogP contribution < -0.4 is 28.7 Å². The van der Waals surface area contributed by atoms with Gasteiger partial charge in [-0.05, 0) is 65.0 Å². The molecule has 4 aliphatic rings. The van der Waals surface area contributed by atoms with E-state index in [1.807, 2.05) is 0 Å². The molecule has 2 aromatic carbocycles. The fraction of sp³-hybridized carbons (Fsp3) is 0.545. The van der Waals surface area contributed by atoms with Crippen molar-refractivity contribution in [3.8, 4) is 23.0 Å². The number of carbonyl (C=O) groups excluding carboxylic acids is 4. The Hall–Kier alpha value is -4.78. The molecule has 0 saturated carbocycles. The van der Waals surface area contributed by atoms with E-state index in [2.05, 4.69) is 27.0 Å². The molecule has 338 valence electrons. The molecule has 0 bridgehead atoms. The molecule has 16 nitrogen and oxygen atoms in total. The van der Waals surface area contributed by atoms with Crippen molar-refractivity contribution in [2.75, 3.05) is 62.7 Å². The molecule has 2 N–H and O–H groups in total. The van der Waals surface area contributed by atoms with Crippen LogP contribution in [0.3, 0.4) is 0 Å². The van der Waals surface area contributed by atoms with E-state index in [0.29, 0.717) is 43.1 Å². The SMILES string of the molecule is C=C1C[C@H]2C(O)N(C(=O)OCCSSC(C)C)c3cc(OCCCCCOc4cc5c(cc4OC)C(=O)N4CC(=C)C[C@H]4C(O)N5C(=O)OC(C)(C)C)c(OC)cc3C(=O)N2C1. The summed E-state index contributed by atoms with van der Waals surface area (Å²) in [6.07, 6.45) is -1.92. The van der Waals surface area contributed by atoms with Gasteiger partial charge in [0.15, 0.2) is 35.5 Å². The molecule has 0 aromatic heterocycles. The van der Waals surface area contributed by atoms with Gasteiger partial charge in [0.05, 0.1) is 62.0 Å². The van der Waals surface area contributed by atoms with E-state index < -0.39 is 42.3 Å². The molecule has 4 aliphatic heterocycles. The average Bonchev–Trinajstić information content (AvgIpc) is 3.77. The second-order valence-electron chi connectivity index (χ2n) is 16.8. The first kappa shape index (κ1) is 46.7. The number of anilines is 2. The molecule has 2 unspecified atom stereocenters. The van der Waals surface area contributed by atoms with Crippen molar-refractivity contribution in [3.05, 3.63) is 59.7 Å². The zero-order valence-electron chi connectivity index (χ0n) is 36.5. The van der Waals surface area contributed by atoms with Gasteiger partial charge in [-0.15, -0.1) is 0 Å². The van der Waals surface area contributed by atoms with Crippen molar-refractivity contribution in [2.24, 2.45) is 0 Å². The molecule has 4 heterocycles. The standard InChI is InChI=1S/C44H58N4O12S2/c1-25(2)62-61-16-15-59-42(53)47-30-21-36(34(55-8)19-28(30)38(49)45-23-26(3)17-32(45)40(47)51)57-13-11-10-12-14-58-37-22-31-29(20-35(37)56-9)39(50)46-24-27(4)18-33(46)41(52)48(31)43(54)60-44(5,6)7/h19-22,25,32-33,40-41,51-52H,3-4,10-18,23-24H2,1-2,5-9H3/t32-,33-,40?,41?/m0/s1. The van der Waals surface area contributed by atoms with E-state index in [4.69, 9.17) is 28.4 Å². The van der Waals surface area contributed by atoms with E-state index in [1.165, 1.54) is 48.3 Å². The Labute approximate surface area is 370 Å². The number of unbranched alkanes of at least 4 members (excludes halogenated alkanes) is 2. The lowest BCUT2D eigenvalue weighted by Gasteiger charge is -2.33. The minimum Gasteiger partial charge on any atom is -0.493 e. The Morgan fingerprint density at radius 2 is 1.21 bits per heavy atom. The van der Waals surface area contributed by atoms with Gasteiger partial charge in [0.2, 0.25) is 0 Å². The van der Waals surface area contributed by atoms with Gasteiger partial charge < -0.3 is 48.4 Å². The summed E-state index contributed by atoms with van der Waals surface area (Å²) in [7, 11) is 6.18. The summed E-state index contributed by atoms with van der Waals surface area (Å²) in [6, 6.07) is 4.68. The van der Waals surface area contributed by atoms with Crippen LogP contribution in [0.2, 0.25) is 0 Å². The highest BCUT2D eigenvalue weighted by atomic mass is 33.1. The lowest BCUT2D eigenvalue weighted by molar-refractivity contribution is 0.0310. The molecule has 4 atom stereocenters. The number of carbonyl (C=O) groups is 4. The zero-order chi connectivity index (χ0) is 45.0. The molecule has 0 spiro atoms. The number of hydrogen-bond donors (Lipinski definition) is 2. The maximum atomic E-state index is 13.9. The van der Waals surface area contributed by atoms with Crippen LogP contribution in [0, 0.1) is 0 Å². The summed E-state index contributed by atoms with van der Waals surface area (Å²) in [5, 5.41) is 23.6. The van der Waals surface area contributed by atoms with Crippen molar-refractivity contribution in [1.29, 1.82) is 0 Å². The molecule has 6 rings (SSSR count). The van der Waals surface area contributed by atoms with Gasteiger partial charge in [-0.25, -0.2) is 19.4 Å². The van der Waals surface area contributed by atoms with E-state index in [1.54, 1.807) is 42.4 Å². The number of fused-ring (bicyclic) bond motifs is 4. The van der Waals surface area contributed by atoms with Crippen molar-refractivity contribution in [2.45, 2.75) is 102 Å². The lowest BCUT2D eigenvalue weighted by Crippen LogP contribution is -2.51. The molecular weight excluding hydrogens is 841 g/mol.